The average molecular weight is 645 g/mol. The molecule has 1 fully saturated rings. The maximum Gasteiger partial charge on any atom is 0.264 e. The predicted octanol–water partition coefficient (Wildman–Crippen LogP) is 6.98. The molecule has 0 spiro atoms. The van der Waals surface area contributed by atoms with Crippen molar-refractivity contribution >= 4 is 50.7 Å². The van der Waals surface area contributed by atoms with Crippen LogP contribution in [0.1, 0.15) is 61.3 Å². The Hall–Kier alpha value is -3.07. The maximum absolute atomic E-state index is 14.2. The van der Waals surface area contributed by atoms with Crippen molar-refractivity contribution in [3.63, 3.8) is 0 Å². The van der Waals surface area contributed by atoms with Gasteiger partial charge in [0.05, 0.1) is 10.6 Å². The van der Waals surface area contributed by atoms with Gasteiger partial charge in [0, 0.05) is 22.6 Å². The minimum absolute atomic E-state index is 0.000641. The van der Waals surface area contributed by atoms with E-state index in [1.807, 2.05) is 26.8 Å². The molecule has 230 valence electrons. The molecular weight excluding hydrogens is 605 g/mol. The Balaban J connectivity index is 1.72. The Labute approximate surface area is 265 Å². The van der Waals surface area contributed by atoms with Gasteiger partial charge in [-0.2, -0.15) is 0 Å². The van der Waals surface area contributed by atoms with Crippen molar-refractivity contribution in [3.05, 3.63) is 93.0 Å². The van der Waals surface area contributed by atoms with Gasteiger partial charge in [0.2, 0.25) is 11.8 Å². The third-order valence-electron chi connectivity index (χ3n) is 7.86. The Bertz CT molecular complexity index is 1550. The van der Waals surface area contributed by atoms with E-state index in [9.17, 15) is 18.0 Å². The van der Waals surface area contributed by atoms with Crippen LogP contribution in [0, 0.1) is 20.8 Å². The number of rotatable bonds is 10. The maximum atomic E-state index is 14.2. The monoisotopic (exact) mass is 643 g/mol. The summed E-state index contributed by atoms with van der Waals surface area (Å²) in [6, 6.07) is 16.1. The third-order valence-corrected chi connectivity index (χ3v) is 10.2. The van der Waals surface area contributed by atoms with Crippen LogP contribution >= 0.6 is 23.2 Å². The van der Waals surface area contributed by atoms with Crippen molar-refractivity contribution in [1.29, 1.82) is 0 Å². The molecule has 1 atom stereocenters. The zero-order valence-electron chi connectivity index (χ0n) is 25.1. The van der Waals surface area contributed by atoms with Crippen molar-refractivity contribution in [2.24, 2.45) is 0 Å². The number of carbonyl (C=O) groups excluding carboxylic acids is 2. The van der Waals surface area contributed by atoms with Crippen LogP contribution in [0.4, 0.5) is 5.69 Å². The van der Waals surface area contributed by atoms with E-state index in [2.05, 4.69) is 5.32 Å². The van der Waals surface area contributed by atoms with Crippen molar-refractivity contribution in [2.45, 2.75) is 83.3 Å². The number of sulfonamides is 1. The minimum atomic E-state index is -4.15. The number of carbonyl (C=O) groups is 2. The summed E-state index contributed by atoms with van der Waals surface area (Å²) < 4.78 is 29.3. The first-order valence-electron chi connectivity index (χ1n) is 14.6. The van der Waals surface area contributed by atoms with E-state index in [1.165, 1.54) is 17.0 Å². The highest BCUT2D eigenvalue weighted by molar-refractivity contribution is 7.92. The van der Waals surface area contributed by atoms with E-state index in [0.717, 1.165) is 53.1 Å². The molecule has 1 N–H and O–H groups in total. The van der Waals surface area contributed by atoms with Crippen LogP contribution in [0.5, 0.6) is 0 Å². The van der Waals surface area contributed by atoms with Crippen molar-refractivity contribution in [3.8, 4) is 0 Å². The molecule has 10 heteroatoms. The molecule has 3 aromatic carbocycles. The van der Waals surface area contributed by atoms with Crippen LogP contribution in [-0.2, 0) is 26.2 Å². The first-order chi connectivity index (χ1) is 20.3. The summed E-state index contributed by atoms with van der Waals surface area (Å²) in [4.78, 5) is 29.2. The highest BCUT2D eigenvalue weighted by Crippen LogP contribution is 2.28. The second-order valence-electron chi connectivity index (χ2n) is 11.4. The van der Waals surface area contributed by atoms with Gasteiger partial charge in [0.15, 0.2) is 0 Å². The van der Waals surface area contributed by atoms with Crippen molar-refractivity contribution in [2.75, 3.05) is 10.8 Å². The Morgan fingerprint density at radius 1 is 0.884 bits per heavy atom. The van der Waals surface area contributed by atoms with Crippen LogP contribution < -0.4 is 9.62 Å². The fourth-order valence-electron chi connectivity index (χ4n) is 5.45. The fourth-order valence-corrected chi connectivity index (χ4v) is 7.31. The van der Waals surface area contributed by atoms with Crippen LogP contribution in [0.2, 0.25) is 10.0 Å². The number of halogens is 2. The minimum Gasteiger partial charge on any atom is -0.352 e. The Morgan fingerprint density at radius 3 is 2.12 bits per heavy atom. The zero-order valence-corrected chi connectivity index (χ0v) is 27.4. The van der Waals surface area contributed by atoms with E-state index in [0.29, 0.717) is 21.3 Å². The molecule has 0 saturated heterocycles. The first-order valence-corrected chi connectivity index (χ1v) is 16.8. The number of hydrogen-bond acceptors (Lipinski definition) is 4. The molecule has 0 bridgehead atoms. The fraction of sp³-hybridized carbons (Fsp3) is 0.394. The summed E-state index contributed by atoms with van der Waals surface area (Å²) in [6.45, 7) is 6.78. The van der Waals surface area contributed by atoms with Gasteiger partial charge in [-0.15, -0.1) is 0 Å². The average Bonchev–Trinajstić information content (AvgIpc) is 2.95. The smallest absolute Gasteiger partial charge is 0.264 e. The zero-order chi connectivity index (χ0) is 31.3. The lowest BCUT2D eigenvalue weighted by Gasteiger charge is -2.33. The molecule has 3 aromatic rings. The highest BCUT2D eigenvalue weighted by atomic mass is 35.5. The molecule has 4 rings (SSSR count). The first kappa shape index (κ1) is 32.8. The molecule has 0 aliphatic heterocycles. The number of benzene rings is 3. The van der Waals surface area contributed by atoms with Gasteiger partial charge in [-0.25, -0.2) is 8.42 Å². The number of hydrogen-bond donors (Lipinski definition) is 1. The lowest BCUT2D eigenvalue weighted by molar-refractivity contribution is -0.139. The quantitative estimate of drug-likeness (QED) is 0.258. The van der Waals surface area contributed by atoms with Gasteiger partial charge in [0.1, 0.15) is 12.6 Å². The number of nitrogens with zero attached hydrogens (tertiary/aromatic N) is 2. The van der Waals surface area contributed by atoms with E-state index >= 15 is 0 Å². The van der Waals surface area contributed by atoms with E-state index in [-0.39, 0.29) is 23.4 Å². The molecule has 1 aliphatic carbocycles. The van der Waals surface area contributed by atoms with Gasteiger partial charge in [0.25, 0.3) is 10.0 Å². The Morgan fingerprint density at radius 2 is 1.51 bits per heavy atom. The molecule has 0 heterocycles. The third kappa shape index (κ3) is 8.31. The summed E-state index contributed by atoms with van der Waals surface area (Å²) in [6.07, 6.45) is 5.02. The van der Waals surface area contributed by atoms with Crippen LogP contribution in [0.25, 0.3) is 0 Å². The number of anilines is 1. The van der Waals surface area contributed by atoms with Crippen LogP contribution in [-0.4, -0.2) is 43.8 Å². The Kier molecular flexibility index (Phi) is 10.8. The van der Waals surface area contributed by atoms with Gasteiger partial charge >= 0.3 is 0 Å². The molecule has 7 nitrogen and oxygen atoms in total. The van der Waals surface area contributed by atoms with Crippen molar-refractivity contribution < 1.29 is 18.0 Å². The predicted molar refractivity (Wildman–Crippen MR) is 173 cm³/mol. The molecule has 2 amide bonds. The van der Waals surface area contributed by atoms with Gasteiger partial charge in [-0.1, -0.05) is 72.3 Å². The molecule has 0 unspecified atom stereocenters. The summed E-state index contributed by atoms with van der Waals surface area (Å²) in [5, 5.41) is 3.90. The summed E-state index contributed by atoms with van der Waals surface area (Å²) >= 11 is 12.6. The SMILES string of the molecule is Cc1ccc(S(=O)(=O)N(CC(=O)N(Cc2ccc(Cl)cc2Cl)[C@H](C)C(=O)NC2CCCCC2)c2cc(C)cc(C)c2)cc1. The largest absolute Gasteiger partial charge is 0.352 e. The number of amides is 2. The molecule has 1 aliphatic rings. The molecular formula is C33H39Cl2N3O4S. The second-order valence-corrected chi connectivity index (χ2v) is 14.2. The lowest BCUT2D eigenvalue weighted by atomic mass is 9.95. The normalized spacial score (nSPS) is 14.7. The summed E-state index contributed by atoms with van der Waals surface area (Å²) in [5.41, 5.74) is 3.59. The van der Waals surface area contributed by atoms with E-state index in [1.54, 1.807) is 49.4 Å². The van der Waals surface area contributed by atoms with E-state index < -0.39 is 28.5 Å². The van der Waals surface area contributed by atoms with Crippen LogP contribution in [0.3, 0.4) is 0 Å². The molecule has 0 aromatic heterocycles. The summed E-state index contributed by atoms with van der Waals surface area (Å²) in [5.74, 6) is -0.822. The molecule has 43 heavy (non-hydrogen) atoms. The standard InChI is InChI=1S/C33H39Cl2N3O4S/c1-22-10-14-30(15-11-22)43(41,42)38(29-17-23(2)16-24(3)18-29)21-32(39)37(20-26-12-13-27(34)19-31(26)35)25(4)33(40)36-28-8-6-5-7-9-28/h10-19,25,28H,5-9,20-21H2,1-4H3,(H,36,40)/t25-/m1/s1. The number of nitrogens with one attached hydrogen (secondary N) is 1. The second kappa shape index (κ2) is 14.1. The van der Waals surface area contributed by atoms with Crippen LogP contribution in [0.15, 0.2) is 65.6 Å². The van der Waals surface area contributed by atoms with Gasteiger partial charge in [-0.3, -0.25) is 13.9 Å². The summed E-state index contributed by atoms with van der Waals surface area (Å²) in [7, 11) is -4.15. The topological polar surface area (TPSA) is 86.8 Å². The van der Waals surface area contributed by atoms with Crippen molar-refractivity contribution in [1.82, 2.24) is 10.2 Å². The lowest BCUT2D eigenvalue weighted by Crippen LogP contribution is -2.53. The highest BCUT2D eigenvalue weighted by Gasteiger charge is 2.33. The van der Waals surface area contributed by atoms with Gasteiger partial charge < -0.3 is 10.2 Å². The molecule has 1 saturated carbocycles. The van der Waals surface area contributed by atoms with Gasteiger partial charge in [-0.05, 0) is 93.6 Å². The van der Waals surface area contributed by atoms with E-state index in [4.69, 9.17) is 23.2 Å². The molecule has 0 radical (unpaired) electrons. The number of aryl methyl sites for hydroxylation is 3.